The van der Waals surface area contributed by atoms with Crippen LogP contribution in [0.5, 0.6) is 5.75 Å². The summed E-state index contributed by atoms with van der Waals surface area (Å²) in [5.74, 6) is 1.34. The number of rotatable bonds is 6. The molecule has 1 unspecified atom stereocenters. The van der Waals surface area contributed by atoms with Gasteiger partial charge >= 0.3 is 0 Å². The summed E-state index contributed by atoms with van der Waals surface area (Å²) in [6.07, 6.45) is 7.50. The third-order valence-electron chi connectivity index (χ3n) is 4.91. The minimum absolute atomic E-state index is 0.0896. The number of aryl methyl sites for hydroxylation is 1. The average Bonchev–Trinajstić information content (AvgIpc) is 3.37. The summed E-state index contributed by atoms with van der Waals surface area (Å²) in [7, 11) is -0.786. The minimum Gasteiger partial charge on any atom is -0.493 e. The number of aromatic nitrogens is 2. The molecule has 1 atom stereocenters. The smallest absolute Gasteiger partial charge is 0.274 e. The molecular weight excluding hydrogens is 374 g/mol. The van der Waals surface area contributed by atoms with E-state index in [1.807, 2.05) is 18.2 Å². The lowest BCUT2D eigenvalue weighted by atomic mass is 10.0. The van der Waals surface area contributed by atoms with E-state index < -0.39 is 9.73 Å². The number of benzene rings is 1. The Hall–Kier alpha value is -2.80. The highest BCUT2D eigenvalue weighted by atomic mass is 32.2. The van der Waals surface area contributed by atoms with Gasteiger partial charge in [0.25, 0.3) is 5.56 Å². The number of aromatic amines is 1. The molecule has 1 aromatic carbocycles. The molecule has 146 valence electrons. The monoisotopic (exact) mass is 397 g/mol. The van der Waals surface area contributed by atoms with Gasteiger partial charge in [-0.25, -0.2) is 4.21 Å². The van der Waals surface area contributed by atoms with Gasteiger partial charge in [-0.3, -0.25) is 4.79 Å². The van der Waals surface area contributed by atoms with E-state index in [1.54, 1.807) is 36.3 Å². The van der Waals surface area contributed by atoms with E-state index in [0.29, 0.717) is 23.7 Å². The van der Waals surface area contributed by atoms with E-state index in [9.17, 15) is 9.00 Å². The summed E-state index contributed by atoms with van der Waals surface area (Å²) in [6, 6.07) is 7.40. The molecule has 1 aliphatic carbocycles. The summed E-state index contributed by atoms with van der Waals surface area (Å²) in [6.45, 7) is 4.27. The van der Waals surface area contributed by atoms with Gasteiger partial charge in [-0.05, 0) is 43.0 Å². The second-order valence-electron chi connectivity index (χ2n) is 7.28. The molecule has 28 heavy (non-hydrogen) atoms. The standard InChI is InChI=1S/C21H23N3O3S/c1-4-28(3,26)23-15-7-8-19(27-13-14-5-6-14)17(11-15)18-12-24(2)21(25)20-16(18)9-10-22-20/h4,7-12,14,22H,1,5-6,13H2,2-3H3. The summed E-state index contributed by atoms with van der Waals surface area (Å²) in [5.41, 5.74) is 2.72. The molecule has 2 aromatic heterocycles. The summed E-state index contributed by atoms with van der Waals surface area (Å²) < 4.78 is 24.4. The largest absolute Gasteiger partial charge is 0.493 e. The number of ether oxygens (including phenoxy) is 1. The fourth-order valence-corrected chi connectivity index (χ4v) is 3.74. The highest BCUT2D eigenvalue weighted by Crippen LogP contribution is 2.38. The van der Waals surface area contributed by atoms with Crippen LogP contribution in [0, 0.1) is 5.92 Å². The van der Waals surface area contributed by atoms with Crippen molar-refractivity contribution in [3.8, 4) is 16.9 Å². The molecule has 1 aliphatic rings. The maximum absolute atomic E-state index is 12.4. The molecule has 4 rings (SSSR count). The van der Waals surface area contributed by atoms with E-state index in [2.05, 4.69) is 15.9 Å². The van der Waals surface area contributed by atoms with Crippen LogP contribution in [0.15, 0.2) is 57.8 Å². The lowest BCUT2D eigenvalue weighted by Gasteiger charge is -2.14. The molecule has 6 nitrogen and oxygen atoms in total. The predicted molar refractivity (Wildman–Crippen MR) is 114 cm³/mol. The van der Waals surface area contributed by atoms with Crippen molar-refractivity contribution in [2.24, 2.45) is 17.3 Å². The van der Waals surface area contributed by atoms with Crippen molar-refractivity contribution in [2.45, 2.75) is 12.8 Å². The van der Waals surface area contributed by atoms with E-state index in [1.165, 1.54) is 18.2 Å². The highest BCUT2D eigenvalue weighted by molar-refractivity contribution is 7.95. The van der Waals surface area contributed by atoms with Crippen LogP contribution in [0.4, 0.5) is 5.69 Å². The van der Waals surface area contributed by atoms with Crippen molar-refractivity contribution in [3.63, 3.8) is 0 Å². The Morgan fingerprint density at radius 2 is 2.14 bits per heavy atom. The van der Waals surface area contributed by atoms with E-state index in [0.717, 1.165) is 22.3 Å². The zero-order valence-corrected chi connectivity index (χ0v) is 16.8. The number of hydrogen-bond acceptors (Lipinski definition) is 4. The van der Waals surface area contributed by atoms with Gasteiger partial charge in [0.05, 0.1) is 22.0 Å². The predicted octanol–water partition coefficient (Wildman–Crippen LogP) is 4.20. The first-order chi connectivity index (χ1) is 13.4. The Morgan fingerprint density at radius 1 is 1.36 bits per heavy atom. The number of H-pyrrole nitrogens is 1. The first kappa shape index (κ1) is 18.6. The average molecular weight is 398 g/mol. The zero-order chi connectivity index (χ0) is 19.9. The number of fused-ring (bicyclic) bond motifs is 1. The molecule has 1 fully saturated rings. The maximum Gasteiger partial charge on any atom is 0.274 e. The van der Waals surface area contributed by atoms with E-state index in [4.69, 9.17) is 4.74 Å². The van der Waals surface area contributed by atoms with Gasteiger partial charge in [0.15, 0.2) is 0 Å². The molecule has 0 bridgehead atoms. The fourth-order valence-electron chi connectivity index (χ4n) is 3.13. The lowest BCUT2D eigenvalue weighted by molar-refractivity contribution is 0.301. The first-order valence-corrected chi connectivity index (χ1v) is 11.1. The van der Waals surface area contributed by atoms with Crippen LogP contribution >= 0.6 is 0 Å². The second-order valence-corrected chi connectivity index (χ2v) is 9.52. The van der Waals surface area contributed by atoms with Crippen molar-refractivity contribution in [1.29, 1.82) is 0 Å². The van der Waals surface area contributed by atoms with Crippen molar-refractivity contribution in [1.82, 2.24) is 9.55 Å². The van der Waals surface area contributed by atoms with Crippen LogP contribution in [-0.4, -0.2) is 26.6 Å². The normalized spacial score (nSPS) is 15.9. The Balaban J connectivity index is 1.92. The van der Waals surface area contributed by atoms with Crippen molar-refractivity contribution < 1.29 is 8.95 Å². The third kappa shape index (κ3) is 3.62. The number of nitrogens with zero attached hydrogens (tertiary/aromatic N) is 2. The van der Waals surface area contributed by atoms with Crippen LogP contribution < -0.4 is 10.3 Å². The minimum atomic E-state index is -2.51. The lowest BCUT2D eigenvalue weighted by Crippen LogP contribution is -2.16. The Bertz CT molecular complexity index is 1240. The van der Waals surface area contributed by atoms with Crippen LogP contribution in [0.1, 0.15) is 12.8 Å². The van der Waals surface area contributed by atoms with E-state index >= 15 is 0 Å². The van der Waals surface area contributed by atoms with Gasteiger partial charge in [-0.2, -0.15) is 4.36 Å². The fraction of sp³-hybridized carbons (Fsp3) is 0.286. The van der Waals surface area contributed by atoms with Gasteiger partial charge in [-0.1, -0.05) is 6.58 Å². The molecule has 2 heterocycles. The maximum atomic E-state index is 12.4. The highest BCUT2D eigenvalue weighted by Gasteiger charge is 2.23. The molecule has 3 aromatic rings. The topological polar surface area (TPSA) is 76.4 Å². The van der Waals surface area contributed by atoms with Gasteiger partial charge < -0.3 is 14.3 Å². The van der Waals surface area contributed by atoms with Gasteiger partial charge in [0.2, 0.25) is 0 Å². The number of hydrogen-bond donors (Lipinski definition) is 1. The number of pyridine rings is 1. The number of nitrogens with one attached hydrogen (secondary N) is 1. The quantitative estimate of drug-likeness (QED) is 0.677. The molecule has 0 amide bonds. The third-order valence-corrected chi connectivity index (χ3v) is 6.11. The van der Waals surface area contributed by atoms with E-state index in [-0.39, 0.29) is 5.56 Å². The van der Waals surface area contributed by atoms with Crippen LogP contribution in [-0.2, 0) is 16.8 Å². The van der Waals surface area contributed by atoms with Crippen LogP contribution in [0.2, 0.25) is 0 Å². The summed E-state index contributed by atoms with van der Waals surface area (Å²) >= 11 is 0. The second kappa shape index (κ2) is 6.98. The Labute approximate surface area is 164 Å². The molecule has 0 aliphatic heterocycles. The first-order valence-electron chi connectivity index (χ1n) is 9.16. The Morgan fingerprint density at radius 3 is 2.86 bits per heavy atom. The van der Waals surface area contributed by atoms with Crippen LogP contribution in [0.25, 0.3) is 22.0 Å². The summed E-state index contributed by atoms with van der Waals surface area (Å²) in [5, 5.41) is 2.18. The van der Waals surface area contributed by atoms with Gasteiger partial charge in [-0.15, -0.1) is 0 Å². The molecule has 0 radical (unpaired) electrons. The zero-order valence-electron chi connectivity index (χ0n) is 16.0. The van der Waals surface area contributed by atoms with Gasteiger partial charge in [0, 0.05) is 47.6 Å². The molecule has 1 N–H and O–H groups in total. The van der Waals surface area contributed by atoms with Crippen molar-refractivity contribution >= 4 is 26.3 Å². The molecule has 0 spiro atoms. The molecule has 0 saturated heterocycles. The molecule has 1 saturated carbocycles. The Kier molecular flexibility index (Phi) is 4.63. The molecule has 7 heteroatoms. The van der Waals surface area contributed by atoms with Crippen molar-refractivity contribution in [2.75, 3.05) is 12.9 Å². The summed E-state index contributed by atoms with van der Waals surface area (Å²) in [4.78, 5) is 15.4. The van der Waals surface area contributed by atoms with Crippen molar-refractivity contribution in [3.05, 3.63) is 59.0 Å². The SMILES string of the molecule is C=CS(C)(=O)=Nc1ccc(OCC2CC2)c(-c2cn(C)c(=O)c3[nH]ccc23)c1. The van der Waals surface area contributed by atoms with Gasteiger partial charge in [0.1, 0.15) is 11.3 Å². The van der Waals surface area contributed by atoms with Crippen LogP contribution in [0.3, 0.4) is 0 Å². The molecular formula is C21H23N3O3S.